The van der Waals surface area contributed by atoms with Crippen molar-refractivity contribution in [3.63, 3.8) is 0 Å². The maximum absolute atomic E-state index is 6.14. The molecule has 2 fully saturated rings. The highest BCUT2D eigenvalue weighted by Crippen LogP contribution is 2.39. The molecule has 2 heterocycles. The molecule has 1 aliphatic carbocycles. The van der Waals surface area contributed by atoms with Crippen LogP contribution in [-0.2, 0) is 9.31 Å². The highest BCUT2D eigenvalue weighted by atomic mass is 32.2. The van der Waals surface area contributed by atoms with Crippen LogP contribution in [0.4, 0.5) is 0 Å². The van der Waals surface area contributed by atoms with E-state index in [1.54, 1.807) is 18.0 Å². The van der Waals surface area contributed by atoms with Gasteiger partial charge in [0.15, 0.2) is 0 Å². The smallest absolute Gasteiger partial charge is 0.489 e. The average Bonchev–Trinajstić information content (AvgIpc) is 3.17. The number of aromatic nitrogens is 1. The van der Waals surface area contributed by atoms with Gasteiger partial charge in [-0.1, -0.05) is 0 Å². The fraction of sp³-hybridized carbons (Fsp3) is 0.667. The van der Waals surface area contributed by atoms with E-state index in [-0.39, 0.29) is 11.2 Å². The third-order valence-corrected chi connectivity index (χ3v) is 5.16. The van der Waals surface area contributed by atoms with Gasteiger partial charge in [-0.2, -0.15) is 0 Å². The van der Waals surface area contributed by atoms with Crippen LogP contribution >= 0.6 is 11.8 Å². The van der Waals surface area contributed by atoms with Crippen molar-refractivity contribution in [3.05, 3.63) is 12.4 Å². The molecule has 1 aromatic heterocycles. The average molecular weight is 307 g/mol. The molecule has 2 aliphatic rings. The number of rotatable bonds is 4. The van der Waals surface area contributed by atoms with Gasteiger partial charge in [0, 0.05) is 17.9 Å². The van der Waals surface area contributed by atoms with E-state index in [0.29, 0.717) is 6.10 Å². The first-order valence-electron chi connectivity index (χ1n) is 7.38. The summed E-state index contributed by atoms with van der Waals surface area (Å²) in [5.41, 5.74) is 0.181. The van der Waals surface area contributed by atoms with Crippen molar-refractivity contribution < 1.29 is 14.0 Å². The summed E-state index contributed by atoms with van der Waals surface area (Å²) in [4.78, 5) is 5.36. The largest absolute Gasteiger partial charge is 0.500 e. The van der Waals surface area contributed by atoms with Gasteiger partial charge in [0.05, 0.1) is 22.2 Å². The first kappa shape index (κ1) is 15.2. The lowest BCUT2D eigenvalue weighted by Crippen LogP contribution is -2.41. The topological polar surface area (TPSA) is 40.6 Å². The van der Waals surface area contributed by atoms with Crippen molar-refractivity contribution in [1.82, 2.24) is 4.98 Å². The number of nitrogens with zero attached hydrogens (tertiary/aromatic N) is 1. The molecule has 0 radical (unpaired) electrons. The summed E-state index contributed by atoms with van der Waals surface area (Å²) < 4.78 is 18.4. The van der Waals surface area contributed by atoms with E-state index in [2.05, 4.69) is 32.7 Å². The van der Waals surface area contributed by atoms with Crippen LogP contribution in [0.15, 0.2) is 17.3 Å². The summed E-state index contributed by atoms with van der Waals surface area (Å²) in [6, 6.07) is 0. The van der Waals surface area contributed by atoms with Gasteiger partial charge in [-0.25, -0.2) is 0 Å². The molecule has 1 saturated heterocycles. The second-order valence-electron chi connectivity index (χ2n) is 6.67. The number of hydrogen-bond donors (Lipinski definition) is 0. The van der Waals surface area contributed by atoms with Gasteiger partial charge in [0.25, 0.3) is 0 Å². The summed E-state index contributed by atoms with van der Waals surface area (Å²) >= 11 is 1.64. The van der Waals surface area contributed by atoms with E-state index in [4.69, 9.17) is 14.0 Å². The van der Waals surface area contributed by atoms with E-state index in [9.17, 15) is 0 Å². The number of thioether (sulfide) groups is 1. The maximum Gasteiger partial charge on any atom is 0.500 e. The van der Waals surface area contributed by atoms with Crippen molar-refractivity contribution in [2.45, 2.75) is 62.7 Å². The van der Waals surface area contributed by atoms with Crippen molar-refractivity contribution in [3.8, 4) is 5.75 Å². The molecule has 0 unspecified atom stereocenters. The van der Waals surface area contributed by atoms with Crippen molar-refractivity contribution in [2.24, 2.45) is 0 Å². The molecular formula is C15H22BNO3S. The quantitative estimate of drug-likeness (QED) is 0.632. The lowest BCUT2D eigenvalue weighted by atomic mass is 9.79. The Hall–Kier alpha value is -0.715. The molecule has 0 aromatic carbocycles. The molecule has 0 amide bonds. The third kappa shape index (κ3) is 2.81. The number of ether oxygens (including phenoxy) is 1. The van der Waals surface area contributed by atoms with E-state index in [0.717, 1.165) is 28.9 Å². The van der Waals surface area contributed by atoms with Gasteiger partial charge < -0.3 is 14.0 Å². The van der Waals surface area contributed by atoms with Gasteiger partial charge >= 0.3 is 7.12 Å². The van der Waals surface area contributed by atoms with Crippen LogP contribution in [0.3, 0.4) is 0 Å². The standard InChI is InChI=1S/C15H22BNO3S/c1-14(2)15(3,4)20-16(19-14)11-8-17-9-12(21-5)13(11)18-10-6-7-10/h8-10H,6-7H2,1-5H3. The molecular weight excluding hydrogens is 285 g/mol. The lowest BCUT2D eigenvalue weighted by Gasteiger charge is -2.32. The van der Waals surface area contributed by atoms with Gasteiger partial charge in [0.1, 0.15) is 5.75 Å². The Kier molecular flexibility index (Phi) is 3.75. The Morgan fingerprint density at radius 2 is 1.81 bits per heavy atom. The molecule has 1 saturated carbocycles. The van der Waals surface area contributed by atoms with Crippen molar-refractivity contribution in [1.29, 1.82) is 0 Å². The molecule has 0 spiro atoms. The maximum atomic E-state index is 6.14. The molecule has 1 aromatic rings. The van der Waals surface area contributed by atoms with Crippen molar-refractivity contribution >= 4 is 24.3 Å². The van der Waals surface area contributed by atoms with Crippen LogP contribution in [0.2, 0.25) is 0 Å². The summed E-state index contributed by atoms with van der Waals surface area (Å²) in [7, 11) is -0.427. The minimum atomic E-state index is -0.427. The molecule has 0 bridgehead atoms. The zero-order valence-electron chi connectivity index (χ0n) is 13.3. The van der Waals surface area contributed by atoms with Crippen LogP contribution in [-0.4, -0.2) is 35.7 Å². The number of hydrogen-bond acceptors (Lipinski definition) is 5. The van der Waals surface area contributed by atoms with Crippen LogP contribution in [0.5, 0.6) is 5.75 Å². The van der Waals surface area contributed by atoms with E-state index in [1.165, 1.54) is 0 Å². The zero-order valence-corrected chi connectivity index (χ0v) is 14.1. The Morgan fingerprint density at radius 3 is 2.33 bits per heavy atom. The fourth-order valence-electron chi connectivity index (χ4n) is 2.21. The zero-order chi connectivity index (χ0) is 15.3. The Balaban J connectivity index is 1.95. The summed E-state index contributed by atoms with van der Waals surface area (Å²) in [5, 5.41) is 0. The highest BCUT2D eigenvalue weighted by Gasteiger charge is 2.53. The van der Waals surface area contributed by atoms with E-state index < -0.39 is 7.12 Å². The molecule has 1 aliphatic heterocycles. The lowest BCUT2D eigenvalue weighted by molar-refractivity contribution is 0.00578. The highest BCUT2D eigenvalue weighted by molar-refractivity contribution is 7.98. The summed E-state index contributed by atoms with van der Waals surface area (Å²) in [6.07, 6.45) is 8.26. The fourth-order valence-corrected chi connectivity index (χ4v) is 2.72. The van der Waals surface area contributed by atoms with Gasteiger partial charge in [-0.05, 0) is 46.8 Å². The molecule has 114 valence electrons. The molecule has 4 nitrogen and oxygen atoms in total. The van der Waals surface area contributed by atoms with Gasteiger partial charge in [-0.15, -0.1) is 11.8 Å². The monoisotopic (exact) mass is 307 g/mol. The third-order valence-electron chi connectivity index (χ3n) is 4.43. The molecule has 0 atom stereocenters. The predicted molar refractivity (Wildman–Crippen MR) is 85.4 cm³/mol. The second-order valence-corrected chi connectivity index (χ2v) is 7.51. The van der Waals surface area contributed by atoms with Crippen LogP contribution in [0, 0.1) is 0 Å². The predicted octanol–water partition coefficient (Wildman–Crippen LogP) is 2.64. The molecule has 21 heavy (non-hydrogen) atoms. The SMILES string of the molecule is CSc1cncc(B2OC(C)(C)C(C)(C)O2)c1OC1CC1. The van der Waals surface area contributed by atoms with Crippen molar-refractivity contribution in [2.75, 3.05) is 6.26 Å². The summed E-state index contributed by atoms with van der Waals surface area (Å²) in [6.45, 7) is 8.22. The summed E-state index contributed by atoms with van der Waals surface area (Å²) in [5.74, 6) is 0.874. The number of pyridine rings is 1. The Labute approximate surface area is 131 Å². The second kappa shape index (κ2) is 5.18. The van der Waals surface area contributed by atoms with Crippen LogP contribution < -0.4 is 10.2 Å². The molecule has 3 rings (SSSR count). The first-order valence-corrected chi connectivity index (χ1v) is 8.61. The Morgan fingerprint density at radius 1 is 1.19 bits per heavy atom. The molecule has 6 heteroatoms. The van der Waals surface area contributed by atoms with Crippen LogP contribution in [0.25, 0.3) is 0 Å². The van der Waals surface area contributed by atoms with Gasteiger partial charge in [0.2, 0.25) is 0 Å². The minimum Gasteiger partial charge on any atom is -0.489 e. The van der Waals surface area contributed by atoms with E-state index >= 15 is 0 Å². The van der Waals surface area contributed by atoms with Crippen LogP contribution in [0.1, 0.15) is 40.5 Å². The Bertz CT molecular complexity index is 530. The minimum absolute atomic E-state index is 0.333. The van der Waals surface area contributed by atoms with E-state index in [1.807, 2.05) is 12.5 Å². The first-order chi connectivity index (χ1) is 9.84. The van der Waals surface area contributed by atoms with Gasteiger partial charge in [-0.3, -0.25) is 4.98 Å². The normalized spacial score (nSPS) is 23.4. The molecule has 0 N–H and O–H groups in total.